The number of nitrogens with zero attached hydrogens (tertiary/aromatic N) is 6. The van der Waals surface area contributed by atoms with Crippen molar-refractivity contribution in [1.29, 1.82) is 0 Å². The van der Waals surface area contributed by atoms with Gasteiger partial charge in [-0.05, 0) is 50.1 Å². The molecule has 4 aromatic rings. The van der Waals surface area contributed by atoms with Crippen LogP contribution in [0.3, 0.4) is 0 Å². The topological polar surface area (TPSA) is 119 Å². The van der Waals surface area contributed by atoms with Gasteiger partial charge in [0.25, 0.3) is 5.91 Å². The van der Waals surface area contributed by atoms with Crippen LogP contribution >= 0.6 is 11.6 Å². The molecular weight excluding hydrogens is 558 g/mol. The van der Waals surface area contributed by atoms with Crippen molar-refractivity contribution in [2.45, 2.75) is 38.3 Å². The zero-order chi connectivity index (χ0) is 28.9. The van der Waals surface area contributed by atoms with Gasteiger partial charge >= 0.3 is 6.61 Å². The van der Waals surface area contributed by atoms with E-state index in [9.17, 15) is 18.4 Å². The molecule has 1 saturated heterocycles. The lowest BCUT2D eigenvalue weighted by Gasteiger charge is -2.32. The summed E-state index contributed by atoms with van der Waals surface area (Å²) >= 11 is 6.24. The molecule has 4 heterocycles. The summed E-state index contributed by atoms with van der Waals surface area (Å²) in [6.07, 6.45) is 9.15. The molecule has 0 atom stereocenters. The number of benzene rings is 1. The summed E-state index contributed by atoms with van der Waals surface area (Å²) in [7, 11) is 1.63. The number of hydrogen-bond donors (Lipinski definition) is 2. The second-order valence-corrected chi connectivity index (χ2v) is 10.1. The highest BCUT2D eigenvalue weighted by atomic mass is 35.5. The van der Waals surface area contributed by atoms with Crippen molar-refractivity contribution in [3.8, 4) is 17.0 Å². The van der Waals surface area contributed by atoms with Crippen molar-refractivity contribution in [2.24, 2.45) is 0 Å². The zero-order valence-corrected chi connectivity index (χ0v) is 23.0. The van der Waals surface area contributed by atoms with Gasteiger partial charge in [0.15, 0.2) is 5.65 Å². The fourth-order valence-corrected chi connectivity index (χ4v) is 5.10. The highest BCUT2D eigenvalue weighted by Crippen LogP contribution is 2.38. The van der Waals surface area contributed by atoms with E-state index < -0.39 is 12.5 Å². The molecule has 1 aromatic carbocycles. The molecule has 14 heteroatoms. The van der Waals surface area contributed by atoms with Crippen LogP contribution in [-0.2, 0) is 4.79 Å². The largest absolute Gasteiger partial charge is 0.434 e. The van der Waals surface area contributed by atoms with Gasteiger partial charge in [0.2, 0.25) is 5.91 Å². The Labute approximate surface area is 239 Å². The van der Waals surface area contributed by atoms with E-state index in [1.54, 1.807) is 36.4 Å². The van der Waals surface area contributed by atoms with Gasteiger partial charge in [-0.3, -0.25) is 14.3 Å². The second-order valence-electron chi connectivity index (χ2n) is 9.64. The third-order valence-corrected chi connectivity index (χ3v) is 7.24. The van der Waals surface area contributed by atoms with Crippen molar-refractivity contribution < 1.29 is 23.1 Å². The monoisotopic (exact) mass is 586 g/mol. The van der Waals surface area contributed by atoms with E-state index in [0.717, 1.165) is 38.9 Å². The molecule has 0 spiro atoms. The first-order chi connectivity index (χ1) is 19.8. The van der Waals surface area contributed by atoms with Crippen LogP contribution in [0.1, 0.15) is 42.1 Å². The Bertz CT molecular complexity index is 1530. The van der Waals surface area contributed by atoms with Crippen LogP contribution < -0.4 is 15.4 Å². The van der Waals surface area contributed by atoms with Gasteiger partial charge in [-0.25, -0.2) is 9.50 Å². The number of alkyl halides is 2. The minimum atomic E-state index is -3.06. The normalized spacial score (nSPS) is 14.5. The predicted molar refractivity (Wildman–Crippen MR) is 148 cm³/mol. The van der Waals surface area contributed by atoms with E-state index in [4.69, 9.17) is 21.4 Å². The fourth-order valence-electron chi connectivity index (χ4n) is 4.93. The van der Waals surface area contributed by atoms with Gasteiger partial charge in [-0.1, -0.05) is 11.6 Å². The third-order valence-electron chi connectivity index (χ3n) is 7.01. The van der Waals surface area contributed by atoms with Gasteiger partial charge in [0.1, 0.15) is 17.0 Å². The Morgan fingerprint density at radius 2 is 2.05 bits per heavy atom. The van der Waals surface area contributed by atoms with Crippen molar-refractivity contribution in [3.63, 3.8) is 0 Å². The number of ether oxygens (including phenoxy) is 1. The Hall–Kier alpha value is -4.10. The molecule has 0 saturated carbocycles. The highest BCUT2D eigenvalue weighted by molar-refractivity contribution is 6.31. The van der Waals surface area contributed by atoms with Gasteiger partial charge in [0, 0.05) is 55.7 Å². The maximum atomic E-state index is 13.3. The van der Waals surface area contributed by atoms with Crippen molar-refractivity contribution in [1.82, 2.24) is 34.6 Å². The smallest absolute Gasteiger partial charge is 0.387 e. The maximum Gasteiger partial charge on any atom is 0.387 e. The summed E-state index contributed by atoms with van der Waals surface area (Å²) in [6.45, 7) is -0.635. The fraction of sp³-hybridized carbons (Fsp3) is 0.370. The molecule has 1 fully saturated rings. The first kappa shape index (κ1) is 28.4. The zero-order valence-electron chi connectivity index (χ0n) is 22.3. The summed E-state index contributed by atoms with van der Waals surface area (Å²) in [5.41, 5.74) is 1.38. The van der Waals surface area contributed by atoms with E-state index in [1.165, 1.54) is 28.9 Å². The number of likely N-dealkylation sites (tertiary alicyclic amines) is 1. The van der Waals surface area contributed by atoms with E-state index in [2.05, 4.69) is 25.6 Å². The van der Waals surface area contributed by atoms with Crippen LogP contribution in [0.4, 0.5) is 14.5 Å². The minimum Gasteiger partial charge on any atom is -0.434 e. The molecule has 5 rings (SSSR count). The molecule has 0 aliphatic carbocycles. The number of rotatable bonds is 10. The van der Waals surface area contributed by atoms with E-state index in [0.29, 0.717) is 22.8 Å². The SMILES string of the molecule is CNC(=O)CCCN1CCC(n2cc(NC(=O)c3cnn4cccnc34)c(-c3cc(Cl)ccc3OC(F)F)n2)CC1. The van der Waals surface area contributed by atoms with E-state index in [-0.39, 0.29) is 34.5 Å². The highest BCUT2D eigenvalue weighted by Gasteiger charge is 2.26. The number of piperidine rings is 1. The molecule has 2 amide bonds. The molecule has 41 heavy (non-hydrogen) atoms. The molecular formula is C27H29ClF2N8O3. The average Bonchev–Trinajstić information content (AvgIpc) is 3.59. The number of carbonyl (C=O) groups is 2. The molecule has 3 aromatic heterocycles. The molecule has 0 radical (unpaired) electrons. The summed E-state index contributed by atoms with van der Waals surface area (Å²) < 4.78 is 34.5. The average molecular weight is 587 g/mol. The van der Waals surface area contributed by atoms with Crippen molar-refractivity contribution in [3.05, 3.63) is 59.6 Å². The lowest BCUT2D eigenvalue weighted by molar-refractivity contribution is -0.120. The van der Waals surface area contributed by atoms with Crippen LogP contribution in [0.2, 0.25) is 5.02 Å². The van der Waals surface area contributed by atoms with Crippen molar-refractivity contribution >= 4 is 34.7 Å². The van der Waals surface area contributed by atoms with Gasteiger partial charge in [0.05, 0.1) is 17.9 Å². The predicted octanol–water partition coefficient (Wildman–Crippen LogP) is 4.26. The molecule has 1 aliphatic heterocycles. The lowest BCUT2D eigenvalue weighted by atomic mass is 10.0. The number of nitrogens with one attached hydrogen (secondary N) is 2. The van der Waals surface area contributed by atoms with Gasteiger partial charge in [-0.2, -0.15) is 19.0 Å². The molecule has 1 aliphatic rings. The number of amides is 2. The molecule has 11 nitrogen and oxygen atoms in total. The minimum absolute atomic E-state index is 0.00638. The van der Waals surface area contributed by atoms with Crippen LogP contribution in [0.5, 0.6) is 5.75 Å². The third kappa shape index (κ3) is 6.63. The summed E-state index contributed by atoms with van der Waals surface area (Å²) in [5, 5.41) is 14.7. The molecule has 0 unspecified atom stereocenters. The second kappa shape index (κ2) is 12.6. The quantitative estimate of drug-likeness (QED) is 0.285. The molecule has 216 valence electrons. The molecule has 2 N–H and O–H groups in total. The first-order valence-corrected chi connectivity index (χ1v) is 13.6. The Morgan fingerprint density at radius 1 is 1.24 bits per heavy atom. The Morgan fingerprint density at radius 3 is 2.80 bits per heavy atom. The van der Waals surface area contributed by atoms with Gasteiger partial charge in [-0.15, -0.1) is 0 Å². The van der Waals surface area contributed by atoms with Crippen LogP contribution in [0.25, 0.3) is 16.9 Å². The Kier molecular flexibility index (Phi) is 8.74. The maximum absolute atomic E-state index is 13.3. The summed E-state index contributed by atoms with van der Waals surface area (Å²) in [4.78, 5) is 31.4. The number of carbonyl (C=O) groups excluding carboxylic acids is 2. The molecule has 0 bridgehead atoms. The van der Waals surface area contributed by atoms with Crippen molar-refractivity contribution in [2.75, 3.05) is 32.0 Å². The number of aromatic nitrogens is 5. The Balaban J connectivity index is 1.42. The number of halogens is 3. The summed E-state index contributed by atoms with van der Waals surface area (Å²) in [5.74, 6) is -0.577. The van der Waals surface area contributed by atoms with E-state index in [1.807, 2.05) is 0 Å². The lowest BCUT2D eigenvalue weighted by Crippen LogP contribution is -2.35. The summed E-state index contributed by atoms with van der Waals surface area (Å²) in [6, 6.07) is 5.98. The van der Waals surface area contributed by atoms with Crippen LogP contribution in [-0.4, -0.2) is 74.4 Å². The van der Waals surface area contributed by atoms with Crippen LogP contribution in [0, 0.1) is 0 Å². The van der Waals surface area contributed by atoms with Crippen LogP contribution in [0.15, 0.2) is 49.1 Å². The van der Waals surface area contributed by atoms with E-state index >= 15 is 0 Å². The van der Waals surface area contributed by atoms with Gasteiger partial charge < -0.3 is 20.3 Å². The first-order valence-electron chi connectivity index (χ1n) is 13.2. The number of hydrogen-bond acceptors (Lipinski definition) is 7. The number of fused-ring (bicyclic) bond motifs is 1. The number of anilines is 1. The standard InChI is InChI=1S/C27H29ClF2N8O3/c1-31-23(39)4-2-10-36-12-7-18(8-13-36)38-16-21(34-26(40)20-15-33-37-11-3-9-32-25(20)37)24(35-38)19-14-17(28)5-6-22(19)41-27(29)30/h3,5-6,9,11,14-16,18,27H,2,4,7-8,10,12-13H2,1H3,(H,31,39)(H,34,40).